The van der Waals surface area contributed by atoms with Crippen molar-refractivity contribution in [2.75, 3.05) is 19.6 Å². The number of halogens is 3. The lowest BCUT2D eigenvalue weighted by Gasteiger charge is -2.41. The third kappa shape index (κ3) is 5.25. The van der Waals surface area contributed by atoms with Gasteiger partial charge in [0.1, 0.15) is 0 Å². The minimum atomic E-state index is -4.54. The van der Waals surface area contributed by atoms with Crippen molar-refractivity contribution in [2.24, 2.45) is 0 Å². The standard InChI is InChI=1S/C28H32F3N3O3/c29-28(30,31)21-8-4-5-19(17-21)26(36)32-18-25(35)34-16-12-23-24(34)11-15-33(23)22-9-13-27(37,14-10-22)20-6-2-1-3-7-20/h1-8,17,22-24,37H,9-16,18H2,(H,32,36)/t22-,23?,24?,27-. The zero-order chi connectivity index (χ0) is 26.2. The van der Waals surface area contributed by atoms with Crippen LogP contribution in [0.25, 0.3) is 0 Å². The lowest BCUT2D eigenvalue weighted by Crippen LogP contribution is -2.47. The number of nitrogens with one attached hydrogen (secondary N) is 1. The zero-order valence-corrected chi connectivity index (χ0v) is 20.6. The number of amides is 2. The lowest BCUT2D eigenvalue weighted by molar-refractivity contribution is -0.137. The Hall–Kier alpha value is -2.91. The molecule has 2 N–H and O–H groups in total. The van der Waals surface area contributed by atoms with Crippen LogP contribution in [0.4, 0.5) is 13.2 Å². The molecule has 3 fully saturated rings. The Balaban J connectivity index is 1.14. The molecule has 1 aliphatic carbocycles. The van der Waals surface area contributed by atoms with Gasteiger partial charge in [0.15, 0.2) is 0 Å². The first kappa shape index (κ1) is 25.7. The molecule has 0 aromatic heterocycles. The molecule has 198 valence electrons. The van der Waals surface area contributed by atoms with Crippen molar-refractivity contribution in [2.45, 2.75) is 68.4 Å². The van der Waals surface area contributed by atoms with Crippen LogP contribution < -0.4 is 5.32 Å². The number of rotatable bonds is 5. The Labute approximate surface area is 214 Å². The molecule has 2 heterocycles. The van der Waals surface area contributed by atoms with Crippen molar-refractivity contribution >= 4 is 11.8 Å². The van der Waals surface area contributed by atoms with Gasteiger partial charge in [-0.15, -0.1) is 0 Å². The van der Waals surface area contributed by atoms with Gasteiger partial charge in [-0.05, 0) is 62.3 Å². The molecule has 2 unspecified atom stereocenters. The number of fused-ring (bicyclic) bond motifs is 1. The molecular formula is C28H32F3N3O3. The maximum Gasteiger partial charge on any atom is 0.416 e. The smallest absolute Gasteiger partial charge is 0.385 e. The van der Waals surface area contributed by atoms with Gasteiger partial charge in [0.05, 0.1) is 17.7 Å². The number of hydrogen-bond donors (Lipinski definition) is 2. The SMILES string of the molecule is O=C(NCC(=O)N1CCC2C1CCN2[C@H]1CC[C@@](O)(c2ccccc2)CC1)c1cccc(C(F)(F)F)c1. The number of likely N-dealkylation sites (tertiary alicyclic amines) is 2. The van der Waals surface area contributed by atoms with Crippen LogP contribution in [0.2, 0.25) is 0 Å². The molecule has 2 aromatic rings. The van der Waals surface area contributed by atoms with E-state index >= 15 is 0 Å². The third-order valence-electron chi connectivity index (χ3n) is 8.35. The van der Waals surface area contributed by atoms with Gasteiger partial charge in [-0.3, -0.25) is 14.5 Å². The summed E-state index contributed by atoms with van der Waals surface area (Å²) in [4.78, 5) is 29.7. The van der Waals surface area contributed by atoms with Gasteiger partial charge < -0.3 is 15.3 Å². The molecule has 9 heteroatoms. The van der Waals surface area contributed by atoms with E-state index in [2.05, 4.69) is 10.2 Å². The molecular weight excluding hydrogens is 483 g/mol. The Morgan fingerprint density at radius 2 is 1.65 bits per heavy atom. The van der Waals surface area contributed by atoms with Gasteiger partial charge in [0.25, 0.3) is 5.91 Å². The summed E-state index contributed by atoms with van der Waals surface area (Å²) < 4.78 is 38.8. The van der Waals surface area contributed by atoms with Crippen LogP contribution in [0.3, 0.4) is 0 Å². The first-order valence-electron chi connectivity index (χ1n) is 12.9. The fourth-order valence-electron chi connectivity index (χ4n) is 6.43. The molecule has 6 nitrogen and oxygen atoms in total. The van der Waals surface area contributed by atoms with E-state index in [0.717, 1.165) is 49.9 Å². The van der Waals surface area contributed by atoms with Crippen LogP contribution >= 0.6 is 0 Å². The molecule has 0 bridgehead atoms. The number of carbonyl (C=O) groups excluding carboxylic acids is 2. The lowest BCUT2D eigenvalue weighted by atomic mass is 9.77. The van der Waals surface area contributed by atoms with Gasteiger partial charge in [0.2, 0.25) is 5.91 Å². The van der Waals surface area contributed by atoms with E-state index in [1.54, 1.807) is 0 Å². The minimum Gasteiger partial charge on any atom is -0.385 e. The molecule has 2 saturated heterocycles. The van der Waals surface area contributed by atoms with Crippen molar-refractivity contribution in [3.63, 3.8) is 0 Å². The second-order valence-electron chi connectivity index (χ2n) is 10.4. The first-order chi connectivity index (χ1) is 17.7. The number of benzene rings is 2. The summed E-state index contributed by atoms with van der Waals surface area (Å²) in [6, 6.07) is 14.7. The predicted molar refractivity (Wildman–Crippen MR) is 132 cm³/mol. The fraction of sp³-hybridized carbons (Fsp3) is 0.500. The summed E-state index contributed by atoms with van der Waals surface area (Å²) in [6.45, 7) is 1.25. The summed E-state index contributed by atoms with van der Waals surface area (Å²) in [7, 11) is 0. The van der Waals surface area contributed by atoms with Gasteiger partial charge in [-0.25, -0.2) is 0 Å². The highest BCUT2D eigenvalue weighted by Crippen LogP contribution is 2.42. The Kier molecular flexibility index (Phi) is 7.02. The summed E-state index contributed by atoms with van der Waals surface area (Å²) in [5.74, 6) is -0.909. The molecule has 2 aliphatic heterocycles. The summed E-state index contributed by atoms with van der Waals surface area (Å²) in [5.41, 5.74) is -0.837. The quantitative estimate of drug-likeness (QED) is 0.633. The second kappa shape index (κ2) is 10.1. The van der Waals surface area contributed by atoms with Crippen LogP contribution in [-0.4, -0.2) is 64.5 Å². The Morgan fingerprint density at radius 3 is 2.35 bits per heavy atom. The fourth-order valence-corrected chi connectivity index (χ4v) is 6.43. The maximum absolute atomic E-state index is 13.0. The number of aliphatic hydroxyl groups is 1. The normalized spacial score (nSPS) is 28.2. The summed E-state index contributed by atoms with van der Waals surface area (Å²) in [6.07, 6.45) is 0.392. The van der Waals surface area contributed by atoms with E-state index < -0.39 is 23.2 Å². The Bertz CT molecular complexity index is 1130. The van der Waals surface area contributed by atoms with E-state index in [0.29, 0.717) is 25.4 Å². The van der Waals surface area contributed by atoms with E-state index in [9.17, 15) is 27.9 Å². The van der Waals surface area contributed by atoms with E-state index in [4.69, 9.17) is 0 Å². The average molecular weight is 516 g/mol. The molecule has 1 saturated carbocycles. The van der Waals surface area contributed by atoms with Gasteiger partial charge in [-0.1, -0.05) is 36.4 Å². The maximum atomic E-state index is 13.0. The van der Waals surface area contributed by atoms with Crippen LogP contribution in [0.1, 0.15) is 60.0 Å². The molecule has 2 amide bonds. The highest BCUT2D eigenvalue weighted by atomic mass is 19.4. The Morgan fingerprint density at radius 1 is 0.946 bits per heavy atom. The topological polar surface area (TPSA) is 72.9 Å². The molecule has 5 rings (SSSR count). The largest absolute Gasteiger partial charge is 0.416 e. The van der Waals surface area contributed by atoms with Gasteiger partial charge in [-0.2, -0.15) is 13.2 Å². The van der Waals surface area contributed by atoms with Crippen LogP contribution in [0.5, 0.6) is 0 Å². The van der Waals surface area contributed by atoms with Gasteiger partial charge >= 0.3 is 6.18 Å². The van der Waals surface area contributed by atoms with E-state index in [1.165, 1.54) is 12.1 Å². The third-order valence-corrected chi connectivity index (χ3v) is 8.35. The average Bonchev–Trinajstić information content (AvgIpc) is 3.50. The highest BCUT2D eigenvalue weighted by Gasteiger charge is 2.48. The van der Waals surface area contributed by atoms with Gasteiger partial charge in [0, 0.05) is 36.8 Å². The first-order valence-corrected chi connectivity index (χ1v) is 12.9. The van der Waals surface area contributed by atoms with Crippen molar-refractivity contribution in [3.05, 3.63) is 71.3 Å². The number of nitrogens with zero attached hydrogens (tertiary/aromatic N) is 2. The number of carbonyl (C=O) groups is 2. The van der Waals surface area contributed by atoms with Crippen molar-refractivity contribution in [1.82, 2.24) is 15.1 Å². The van der Waals surface area contributed by atoms with Crippen LogP contribution in [-0.2, 0) is 16.6 Å². The molecule has 2 aromatic carbocycles. The van der Waals surface area contributed by atoms with Crippen molar-refractivity contribution < 1.29 is 27.9 Å². The number of alkyl halides is 3. The molecule has 0 radical (unpaired) electrons. The van der Waals surface area contributed by atoms with Crippen LogP contribution in [0.15, 0.2) is 54.6 Å². The zero-order valence-electron chi connectivity index (χ0n) is 20.6. The molecule has 2 atom stereocenters. The van der Waals surface area contributed by atoms with Crippen molar-refractivity contribution in [1.29, 1.82) is 0 Å². The predicted octanol–water partition coefficient (Wildman–Crippen LogP) is 3.94. The van der Waals surface area contributed by atoms with Crippen molar-refractivity contribution in [3.8, 4) is 0 Å². The molecule has 3 aliphatic rings. The van der Waals surface area contributed by atoms with Crippen LogP contribution in [0, 0.1) is 0 Å². The monoisotopic (exact) mass is 515 g/mol. The minimum absolute atomic E-state index is 0.0768. The van der Waals surface area contributed by atoms with E-state index in [1.807, 2.05) is 35.2 Å². The highest BCUT2D eigenvalue weighted by molar-refractivity contribution is 5.96. The second-order valence-corrected chi connectivity index (χ2v) is 10.4. The number of hydrogen-bond acceptors (Lipinski definition) is 4. The van der Waals surface area contributed by atoms with E-state index in [-0.39, 0.29) is 30.1 Å². The molecule has 0 spiro atoms. The summed E-state index contributed by atoms with van der Waals surface area (Å²) >= 11 is 0. The summed E-state index contributed by atoms with van der Waals surface area (Å²) in [5, 5.41) is 13.7. The molecule has 37 heavy (non-hydrogen) atoms.